The lowest BCUT2D eigenvalue weighted by molar-refractivity contribution is -0.146. The van der Waals surface area contributed by atoms with E-state index in [-0.39, 0.29) is 18.3 Å². The molecule has 0 saturated carbocycles. The fourth-order valence-corrected chi connectivity index (χ4v) is 2.84. The molecule has 2 rings (SSSR count). The molecule has 0 spiro atoms. The normalized spacial score (nSPS) is 12.4. The minimum absolute atomic E-state index is 0.132. The van der Waals surface area contributed by atoms with Crippen molar-refractivity contribution in [2.45, 2.75) is 46.5 Å². The van der Waals surface area contributed by atoms with Gasteiger partial charge in [-0.15, -0.1) is 0 Å². The van der Waals surface area contributed by atoms with E-state index in [1.165, 1.54) is 0 Å². The molecule has 25 heavy (non-hydrogen) atoms. The zero-order chi connectivity index (χ0) is 18.6. The number of aromatic nitrogens is 1. The number of pyridine rings is 1. The number of nitrogens with two attached hydrogens (primary N) is 1. The Labute approximate surface area is 148 Å². The Kier molecular flexibility index (Phi) is 6.12. The maximum absolute atomic E-state index is 12.6. The molecule has 0 bridgehead atoms. The van der Waals surface area contributed by atoms with Crippen molar-refractivity contribution in [3.8, 4) is 0 Å². The fourth-order valence-electron chi connectivity index (χ4n) is 2.84. The van der Waals surface area contributed by atoms with Crippen molar-refractivity contribution in [3.63, 3.8) is 0 Å². The second-order valence-electron chi connectivity index (χ2n) is 6.89. The van der Waals surface area contributed by atoms with Crippen LogP contribution in [0.25, 0.3) is 10.9 Å². The number of amides is 1. The van der Waals surface area contributed by atoms with Crippen molar-refractivity contribution in [2.24, 2.45) is 11.7 Å². The van der Waals surface area contributed by atoms with Gasteiger partial charge in [-0.1, -0.05) is 32.0 Å². The van der Waals surface area contributed by atoms with Gasteiger partial charge < -0.3 is 10.5 Å². The van der Waals surface area contributed by atoms with Gasteiger partial charge in [0.2, 0.25) is 5.91 Å². The SMILES string of the molecule is Cc1nc2c(C)cccc2cc1C(CCC(N)=O)C(=O)OCC(C)C. The van der Waals surface area contributed by atoms with Crippen LogP contribution in [-0.2, 0) is 14.3 Å². The van der Waals surface area contributed by atoms with Gasteiger partial charge in [0.25, 0.3) is 0 Å². The number of esters is 1. The van der Waals surface area contributed by atoms with Crippen LogP contribution in [0.4, 0.5) is 0 Å². The summed E-state index contributed by atoms with van der Waals surface area (Å²) in [5, 5.41) is 0.973. The summed E-state index contributed by atoms with van der Waals surface area (Å²) in [4.78, 5) is 28.5. The van der Waals surface area contributed by atoms with Crippen molar-refractivity contribution in [1.82, 2.24) is 4.98 Å². The topological polar surface area (TPSA) is 82.3 Å². The van der Waals surface area contributed by atoms with Crippen molar-refractivity contribution >= 4 is 22.8 Å². The van der Waals surface area contributed by atoms with Crippen molar-refractivity contribution in [3.05, 3.63) is 41.1 Å². The molecule has 1 aromatic heterocycles. The first-order valence-electron chi connectivity index (χ1n) is 8.61. The molecule has 1 amide bonds. The highest BCUT2D eigenvalue weighted by Gasteiger charge is 2.26. The van der Waals surface area contributed by atoms with E-state index in [1.54, 1.807) is 0 Å². The number of carbonyl (C=O) groups is 2. The highest BCUT2D eigenvalue weighted by atomic mass is 16.5. The van der Waals surface area contributed by atoms with Gasteiger partial charge in [-0.3, -0.25) is 14.6 Å². The van der Waals surface area contributed by atoms with Gasteiger partial charge >= 0.3 is 5.97 Å². The number of ether oxygens (including phenoxy) is 1. The standard InChI is InChI=1S/C20H26N2O3/c1-12(2)11-25-20(24)16(8-9-18(21)23)17-10-15-7-5-6-13(3)19(15)22-14(17)4/h5-7,10,12,16H,8-9,11H2,1-4H3,(H2,21,23). The van der Waals surface area contributed by atoms with Gasteiger partial charge in [0.1, 0.15) is 0 Å². The van der Waals surface area contributed by atoms with E-state index >= 15 is 0 Å². The predicted octanol–water partition coefficient (Wildman–Crippen LogP) is 3.40. The van der Waals surface area contributed by atoms with Crippen LogP contribution in [0.3, 0.4) is 0 Å². The van der Waals surface area contributed by atoms with Gasteiger partial charge in [0.15, 0.2) is 0 Å². The minimum Gasteiger partial charge on any atom is -0.465 e. The molecule has 134 valence electrons. The molecule has 2 N–H and O–H groups in total. The van der Waals surface area contributed by atoms with Gasteiger partial charge in [0, 0.05) is 17.5 Å². The monoisotopic (exact) mass is 342 g/mol. The molecular weight excluding hydrogens is 316 g/mol. The van der Waals surface area contributed by atoms with Gasteiger partial charge in [-0.2, -0.15) is 0 Å². The van der Waals surface area contributed by atoms with E-state index < -0.39 is 11.8 Å². The minimum atomic E-state index is -0.538. The lowest BCUT2D eigenvalue weighted by atomic mass is 9.91. The summed E-state index contributed by atoms with van der Waals surface area (Å²) in [7, 11) is 0. The van der Waals surface area contributed by atoms with Crippen molar-refractivity contribution in [1.29, 1.82) is 0 Å². The second-order valence-corrected chi connectivity index (χ2v) is 6.89. The van der Waals surface area contributed by atoms with E-state index in [2.05, 4.69) is 4.98 Å². The van der Waals surface area contributed by atoms with E-state index in [9.17, 15) is 9.59 Å². The molecule has 0 aliphatic heterocycles. The molecule has 1 heterocycles. The van der Waals surface area contributed by atoms with Crippen molar-refractivity contribution in [2.75, 3.05) is 6.61 Å². The molecule has 0 aliphatic rings. The Hall–Kier alpha value is -2.43. The third kappa shape index (κ3) is 4.78. The molecule has 0 fully saturated rings. The van der Waals surface area contributed by atoms with Gasteiger partial charge in [-0.05, 0) is 43.4 Å². The molecular formula is C20H26N2O3. The summed E-state index contributed by atoms with van der Waals surface area (Å²) in [5.41, 5.74) is 8.87. The number of aryl methyl sites for hydroxylation is 2. The summed E-state index contributed by atoms with van der Waals surface area (Å²) < 4.78 is 5.42. The van der Waals surface area contributed by atoms with E-state index in [1.807, 2.05) is 52.0 Å². The highest BCUT2D eigenvalue weighted by molar-refractivity contribution is 5.86. The predicted molar refractivity (Wildman–Crippen MR) is 98.2 cm³/mol. The van der Waals surface area contributed by atoms with Gasteiger partial charge in [-0.25, -0.2) is 0 Å². The lowest BCUT2D eigenvalue weighted by Gasteiger charge is -2.19. The Bertz CT molecular complexity index is 784. The number of primary amides is 1. The Morgan fingerprint density at radius 2 is 1.96 bits per heavy atom. The summed E-state index contributed by atoms with van der Waals surface area (Å²) in [6.45, 7) is 8.21. The average molecular weight is 342 g/mol. The number of hydrogen-bond donors (Lipinski definition) is 1. The Morgan fingerprint density at radius 3 is 2.60 bits per heavy atom. The van der Waals surface area contributed by atoms with E-state index in [0.29, 0.717) is 13.0 Å². The summed E-state index contributed by atoms with van der Waals surface area (Å²) >= 11 is 0. The maximum Gasteiger partial charge on any atom is 0.313 e. The number of hydrogen-bond acceptors (Lipinski definition) is 4. The molecule has 5 nitrogen and oxygen atoms in total. The third-order valence-corrected chi connectivity index (χ3v) is 4.18. The highest BCUT2D eigenvalue weighted by Crippen LogP contribution is 2.29. The summed E-state index contributed by atoms with van der Waals surface area (Å²) in [6, 6.07) is 7.93. The molecule has 2 aromatic rings. The summed E-state index contributed by atoms with van der Waals surface area (Å²) in [5.74, 6) is -1.04. The number of rotatable bonds is 7. The summed E-state index contributed by atoms with van der Waals surface area (Å²) in [6.07, 6.45) is 0.457. The Balaban J connectivity index is 2.41. The fraction of sp³-hybridized carbons (Fsp3) is 0.450. The molecule has 1 aromatic carbocycles. The third-order valence-electron chi connectivity index (χ3n) is 4.18. The Morgan fingerprint density at radius 1 is 1.24 bits per heavy atom. The quantitative estimate of drug-likeness (QED) is 0.782. The zero-order valence-electron chi connectivity index (χ0n) is 15.3. The van der Waals surface area contributed by atoms with Crippen molar-refractivity contribution < 1.29 is 14.3 Å². The first-order chi connectivity index (χ1) is 11.8. The van der Waals surface area contributed by atoms with Crippen LogP contribution in [0.2, 0.25) is 0 Å². The molecule has 0 radical (unpaired) electrons. The first-order valence-corrected chi connectivity index (χ1v) is 8.61. The molecule has 1 unspecified atom stereocenters. The second kappa shape index (κ2) is 8.10. The molecule has 0 aliphatic carbocycles. The number of carbonyl (C=O) groups excluding carboxylic acids is 2. The van der Waals surface area contributed by atoms with Crippen LogP contribution in [0.1, 0.15) is 49.4 Å². The van der Waals surface area contributed by atoms with Gasteiger partial charge in [0.05, 0.1) is 18.0 Å². The zero-order valence-corrected chi connectivity index (χ0v) is 15.3. The first kappa shape index (κ1) is 18.9. The van der Waals surface area contributed by atoms with Crippen LogP contribution in [0.5, 0.6) is 0 Å². The molecule has 0 saturated heterocycles. The van der Waals surface area contributed by atoms with Crippen LogP contribution in [-0.4, -0.2) is 23.5 Å². The molecule has 1 atom stereocenters. The van der Waals surface area contributed by atoms with E-state index in [4.69, 9.17) is 10.5 Å². The van der Waals surface area contributed by atoms with Crippen LogP contribution in [0, 0.1) is 19.8 Å². The largest absolute Gasteiger partial charge is 0.465 e. The average Bonchev–Trinajstić information content (AvgIpc) is 2.54. The lowest BCUT2D eigenvalue weighted by Crippen LogP contribution is -2.22. The van der Waals surface area contributed by atoms with Crippen LogP contribution in [0.15, 0.2) is 24.3 Å². The number of nitrogens with zero attached hydrogens (tertiary/aromatic N) is 1. The molecule has 5 heteroatoms. The smallest absolute Gasteiger partial charge is 0.313 e. The van der Waals surface area contributed by atoms with Crippen LogP contribution >= 0.6 is 0 Å². The maximum atomic E-state index is 12.6. The van der Waals surface area contributed by atoms with E-state index in [0.717, 1.165) is 27.7 Å². The number of para-hydroxylation sites is 1. The number of benzene rings is 1. The number of fused-ring (bicyclic) bond motifs is 1. The van der Waals surface area contributed by atoms with Crippen LogP contribution < -0.4 is 5.73 Å².